The highest BCUT2D eigenvalue weighted by Gasteiger charge is 1.95. The number of terminal acetylenes is 1. The average molecular weight is 288 g/mol. The second-order valence-corrected chi connectivity index (χ2v) is 4.02. The number of ether oxygens (including phenoxy) is 3. The molecule has 0 radical (unpaired) electrons. The molecule has 0 amide bonds. The number of aliphatic hydroxyl groups excluding tert-OH is 1. The first kappa shape index (κ1) is 17.1. The van der Waals surface area contributed by atoms with E-state index in [2.05, 4.69) is 17.8 Å². The van der Waals surface area contributed by atoms with Gasteiger partial charge in [-0.25, -0.2) is 0 Å². The van der Waals surface area contributed by atoms with Crippen LogP contribution in [0.5, 0.6) is 5.75 Å². The minimum absolute atomic E-state index is 0.479. The predicted octanol–water partition coefficient (Wildman–Crippen LogP) is 1.46. The van der Waals surface area contributed by atoms with Crippen molar-refractivity contribution < 1.29 is 19.3 Å². The van der Waals surface area contributed by atoms with Gasteiger partial charge in [0.15, 0.2) is 6.10 Å². The molecule has 21 heavy (non-hydrogen) atoms. The molecule has 0 fully saturated rings. The molecular formula is C17H20O4. The summed E-state index contributed by atoms with van der Waals surface area (Å²) in [5, 5.41) is 9.14. The highest BCUT2D eigenvalue weighted by molar-refractivity contribution is 5.39. The Balaban J connectivity index is 2.25. The summed E-state index contributed by atoms with van der Waals surface area (Å²) in [5.41, 5.74) is 0.768. The van der Waals surface area contributed by atoms with Gasteiger partial charge in [0.25, 0.3) is 0 Å². The van der Waals surface area contributed by atoms with E-state index in [9.17, 15) is 0 Å². The maximum absolute atomic E-state index is 9.14. The van der Waals surface area contributed by atoms with E-state index in [4.69, 9.17) is 25.7 Å². The summed E-state index contributed by atoms with van der Waals surface area (Å²) in [6.45, 7) is 4.82. The van der Waals surface area contributed by atoms with Gasteiger partial charge in [-0.1, -0.05) is 17.8 Å². The van der Waals surface area contributed by atoms with Crippen molar-refractivity contribution in [2.24, 2.45) is 0 Å². The second kappa shape index (κ2) is 10.8. The molecule has 0 aliphatic rings. The molecule has 0 aromatic heterocycles. The largest absolute Gasteiger partial charge is 0.491 e. The van der Waals surface area contributed by atoms with Gasteiger partial charge in [0, 0.05) is 12.2 Å². The zero-order chi connectivity index (χ0) is 15.3. The first-order valence-electron chi connectivity index (χ1n) is 6.80. The molecule has 0 spiro atoms. The Morgan fingerprint density at radius 1 is 1.10 bits per heavy atom. The molecule has 1 aromatic rings. The molecular weight excluding hydrogens is 268 g/mol. The van der Waals surface area contributed by atoms with Crippen molar-refractivity contribution in [3.05, 3.63) is 29.8 Å². The van der Waals surface area contributed by atoms with Crippen LogP contribution < -0.4 is 4.74 Å². The van der Waals surface area contributed by atoms with Gasteiger partial charge in [0.1, 0.15) is 12.4 Å². The van der Waals surface area contributed by atoms with Crippen molar-refractivity contribution in [3.63, 3.8) is 0 Å². The summed E-state index contributed by atoms with van der Waals surface area (Å²) in [7, 11) is 0. The summed E-state index contributed by atoms with van der Waals surface area (Å²) in [4.78, 5) is 0. The number of rotatable bonds is 8. The van der Waals surface area contributed by atoms with E-state index < -0.39 is 6.10 Å². The van der Waals surface area contributed by atoms with Crippen molar-refractivity contribution in [2.45, 2.75) is 13.0 Å². The second-order valence-electron chi connectivity index (χ2n) is 4.02. The van der Waals surface area contributed by atoms with E-state index in [0.29, 0.717) is 33.0 Å². The van der Waals surface area contributed by atoms with Crippen molar-refractivity contribution in [3.8, 4) is 29.9 Å². The Labute approximate surface area is 126 Å². The van der Waals surface area contributed by atoms with Crippen LogP contribution in [0, 0.1) is 24.2 Å². The fourth-order valence-corrected chi connectivity index (χ4v) is 1.41. The van der Waals surface area contributed by atoms with Gasteiger partial charge in [-0.15, -0.1) is 6.42 Å². The van der Waals surface area contributed by atoms with E-state index in [0.717, 1.165) is 11.3 Å². The molecule has 1 unspecified atom stereocenters. The third-order valence-electron chi connectivity index (χ3n) is 2.44. The predicted molar refractivity (Wildman–Crippen MR) is 81.0 cm³/mol. The fourth-order valence-electron chi connectivity index (χ4n) is 1.41. The third-order valence-corrected chi connectivity index (χ3v) is 2.44. The lowest BCUT2D eigenvalue weighted by molar-refractivity contribution is 0.0405. The van der Waals surface area contributed by atoms with Gasteiger partial charge >= 0.3 is 0 Å². The highest BCUT2D eigenvalue weighted by Crippen LogP contribution is 2.11. The van der Waals surface area contributed by atoms with Crippen LogP contribution in [0.15, 0.2) is 24.3 Å². The molecule has 1 N–H and O–H groups in total. The van der Waals surface area contributed by atoms with Crippen molar-refractivity contribution in [2.75, 3.05) is 33.0 Å². The van der Waals surface area contributed by atoms with E-state index in [1.54, 1.807) is 0 Å². The van der Waals surface area contributed by atoms with Crippen molar-refractivity contribution in [1.29, 1.82) is 0 Å². The smallest absolute Gasteiger partial charge is 0.176 e. The van der Waals surface area contributed by atoms with Crippen LogP contribution in [-0.4, -0.2) is 44.2 Å². The quantitative estimate of drug-likeness (QED) is 0.581. The molecule has 0 bridgehead atoms. The highest BCUT2D eigenvalue weighted by atomic mass is 16.5. The zero-order valence-electron chi connectivity index (χ0n) is 12.2. The first-order valence-corrected chi connectivity index (χ1v) is 6.80. The van der Waals surface area contributed by atoms with E-state index in [1.807, 2.05) is 31.2 Å². The molecule has 4 nitrogen and oxygen atoms in total. The Hall–Kier alpha value is -1.98. The monoisotopic (exact) mass is 288 g/mol. The Morgan fingerprint density at radius 2 is 1.76 bits per heavy atom. The number of hydrogen-bond donors (Lipinski definition) is 1. The molecule has 1 atom stereocenters. The Bertz CT molecular complexity index is 490. The maximum atomic E-state index is 9.14. The summed E-state index contributed by atoms with van der Waals surface area (Å²) < 4.78 is 16.0. The van der Waals surface area contributed by atoms with Crippen LogP contribution in [-0.2, 0) is 9.47 Å². The topological polar surface area (TPSA) is 47.9 Å². The molecule has 4 heteroatoms. The standard InChI is InChI=1S/C17H20O4/c1-3-16(18)8-5-15-6-9-17(10-7-15)21-14-13-20-12-11-19-4-2/h1,6-7,9-10,16,18H,4,11-14H2,2H3. The lowest BCUT2D eigenvalue weighted by Crippen LogP contribution is -2.10. The molecule has 0 aliphatic carbocycles. The van der Waals surface area contributed by atoms with Crippen LogP contribution in [0.2, 0.25) is 0 Å². The molecule has 112 valence electrons. The summed E-state index contributed by atoms with van der Waals surface area (Å²) in [6, 6.07) is 7.24. The van der Waals surface area contributed by atoms with E-state index in [-0.39, 0.29) is 0 Å². The minimum Gasteiger partial charge on any atom is -0.491 e. The number of benzene rings is 1. The first-order chi connectivity index (χ1) is 10.3. The van der Waals surface area contributed by atoms with Crippen molar-refractivity contribution in [1.82, 2.24) is 0 Å². The van der Waals surface area contributed by atoms with Gasteiger partial charge in [-0.05, 0) is 31.2 Å². The van der Waals surface area contributed by atoms with E-state index >= 15 is 0 Å². The van der Waals surface area contributed by atoms with Gasteiger partial charge in [-0.2, -0.15) is 0 Å². The van der Waals surface area contributed by atoms with Crippen LogP contribution in [0.1, 0.15) is 12.5 Å². The van der Waals surface area contributed by atoms with Crippen LogP contribution >= 0.6 is 0 Å². The molecule has 1 rings (SSSR count). The van der Waals surface area contributed by atoms with Crippen LogP contribution in [0.4, 0.5) is 0 Å². The van der Waals surface area contributed by atoms with Gasteiger partial charge in [0.05, 0.1) is 19.8 Å². The summed E-state index contributed by atoms with van der Waals surface area (Å²) in [6.07, 6.45) is 3.99. The fraction of sp³-hybridized carbons (Fsp3) is 0.412. The number of hydrogen-bond acceptors (Lipinski definition) is 4. The van der Waals surface area contributed by atoms with Crippen LogP contribution in [0.25, 0.3) is 0 Å². The summed E-state index contributed by atoms with van der Waals surface area (Å²) >= 11 is 0. The molecule has 0 heterocycles. The molecule has 0 saturated heterocycles. The van der Waals surface area contributed by atoms with Gasteiger partial charge < -0.3 is 19.3 Å². The van der Waals surface area contributed by atoms with Crippen LogP contribution in [0.3, 0.4) is 0 Å². The summed E-state index contributed by atoms with van der Waals surface area (Å²) in [5.74, 6) is 8.20. The minimum atomic E-state index is -1.03. The molecule has 0 saturated carbocycles. The van der Waals surface area contributed by atoms with Gasteiger partial charge in [0.2, 0.25) is 0 Å². The normalized spacial score (nSPS) is 11.1. The molecule has 0 aliphatic heterocycles. The lowest BCUT2D eigenvalue weighted by atomic mass is 10.2. The molecule has 1 aromatic carbocycles. The van der Waals surface area contributed by atoms with Crippen molar-refractivity contribution >= 4 is 0 Å². The third kappa shape index (κ3) is 8.02. The lowest BCUT2D eigenvalue weighted by Gasteiger charge is -2.07. The van der Waals surface area contributed by atoms with Gasteiger partial charge in [-0.3, -0.25) is 0 Å². The van der Waals surface area contributed by atoms with E-state index in [1.165, 1.54) is 0 Å². The maximum Gasteiger partial charge on any atom is 0.176 e. The Kier molecular flexibility index (Phi) is 8.75. The SMILES string of the molecule is C#CC(O)C#Cc1ccc(OCCOCCOCC)cc1. The average Bonchev–Trinajstić information content (AvgIpc) is 2.52. The zero-order valence-corrected chi connectivity index (χ0v) is 12.2. The Morgan fingerprint density at radius 3 is 2.43 bits per heavy atom. The number of aliphatic hydroxyl groups is 1.